The number of hydrogen-bond acceptors (Lipinski definition) is 2. The molecule has 0 amide bonds. The van der Waals surface area contributed by atoms with Crippen LogP contribution in [0.2, 0.25) is 0 Å². The highest BCUT2D eigenvalue weighted by molar-refractivity contribution is 5.98. The van der Waals surface area contributed by atoms with Crippen molar-refractivity contribution in [2.75, 3.05) is 7.11 Å². The van der Waals surface area contributed by atoms with Gasteiger partial charge >= 0.3 is 0 Å². The monoisotopic (exact) mass is 234 g/mol. The second-order valence-corrected chi connectivity index (χ2v) is 5.73. The maximum Gasteiger partial charge on any atom is 0.163 e. The van der Waals surface area contributed by atoms with Crippen LogP contribution in [0.5, 0.6) is 5.75 Å². The number of carbonyl (C=O) groups is 1. The largest absolute Gasteiger partial charge is 0.496 e. The summed E-state index contributed by atoms with van der Waals surface area (Å²) < 4.78 is 5.25. The van der Waals surface area contributed by atoms with Crippen molar-refractivity contribution in [3.8, 4) is 5.75 Å². The summed E-state index contributed by atoms with van der Waals surface area (Å²) in [7, 11) is 1.65. The van der Waals surface area contributed by atoms with Crippen LogP contribution in [0.1, 0.15) is 48.7 Å². The van der Waals surface area contributed by atoms with Crippen molar-refractivity contribution in [1.82, 2.24) is 0 Å². The molecule has 0 atom stereocenters. The van der Waals surface area contributed by atoms with Crippen molar-refractivity contribution < 1.29 is 9.53 Å². The standard InChI is InChI=1S/C15H22O2/c1-10-11(2)14(17-6)8-7-12(10)13(16)9-15(3,4)5/h7-8H,9H2,1-6H3. The second-order valence-electron chi connectivity index (χ2n) is 5.73. The first-order valence-electron chi connectivity index (χ1n) is 5.93. The van der Waals surface area contributed by atoms with Gasteiger partial charge in [0.05, 0.1) is 7.11 Å². The summed E-state index contributed by atoms with van der Waals surface area (Å²) in [5.41, 5.74) is 2.92. The van der Waals surface area contributed by atoms with Crippen molar-refractivity contribution in [1.29, 1.82) is 0 Å². The van der Waals surface area contributed by atoms with Crippen LogP contribution in [0.15, 0.2) is 12.1 Å². The van der Waals surface area contributed by atoms with Crippen LogP contribution in [0.3, 0.4) is 0 Å². The summed E-state index contributed by atoms with van der Waals surface area (Å²) in [5.74, 6) is 1.05. The van der Waals surface area contributed by atoms with Crippen LogP contribution in [-0.2, 0) is 0 Å². The van der Waals surface area contributed by atoms with Gasteiger partial charge in [-0.05, 0) is 42.5 Å². The average molecular weight is 234 g/mol. The molecular formula is C15H22O2. The van der Waals surface area contributed by atoms with E-state index in [1.54, 1.807) is 7.11 Å². The van der Waals surface area contributed by atoms with Crippen molar-refractivity contribution >= 4 is 5.78 Å². The van der Waals surface area contributed by atoms with Crippen molar-refractivity contribution in [3.63, 3.8) is 0 Å². The highest BCUT2D eigenvalue weighted by Gasteiger charge is 2.19. The molecule has 1 aromatic carbocycles. The van der Waals surface area contributed by atoms with Gasteiger partial charge in [-0.3, -0.25) is 4.79 Å². The lowest BCUT2D eigenvalue weighted by Crippen LogP contribution is -2.14. The number of ether oxygens (including phenoxy) is 1. The first-order valence-corrected chi connectivity index (χ1v) is 5.93. The van der Waals surface area contributed by atoms with Crippen LogP contribution in [0.25, 0.3) is 0 Å². The normalized spacial score (nSPS) is 11.4. The van der Waals surface area contributed by atoms with Gasteiger partial charge in [0.1, 0.15) is 5.75 Å². The van der Waals surface area contributed by atoms with Crippen LogP contribution < -0.4 is 4.74 Å². The van der Waals surface area contributed by atoms with E-state index in [9.17, 15) is 4.79 Å². The number of Topliss-reactive ketones (excluding diaryl/α,β-unsaturated/α-hetero) is 1. The molecular weight excluding hydrogens is 212 g/mol. The fraction of sp³-hybridized carbons (Fsp3) is 0.533. The van der Waals surface area contributed by atoms with Crippen molar-refractivity contribution in [2.24, 2.45) is 5.41 Å². The Morgan fingerprint density at radius 1 is 1.18 bits per heavy atom. The zero-order valence-corrected chi connectivity index (χ0v) is 11.7. The zero-order valence-electron chi connectivity index (χ0n) is 11.7. The Hall–Kier alpha value is -1.31. The molecule has 2 nitrogen and oxygen atoms in total. The van der Waals surface area contributed by atoms with E-state index in [4.69, 9.17) is 4.74 Å². The summed E-state index contributed by atoms with van der Waals surface area (Å²) in [6, 6.07) is 3.74. The number of methoxy groups -OCH3 is 1. The molecule has 1 rings (SSSR count). The quantitative estimate of drug-likeness (QED) is 0.741. The van der Waals surface area contributed by atoms with Gasteiger partial charge in [0, 0.05) is 12.0 Å². The van der Waals surface area contributed by atoms with Crippen molar-refractivity contribution in [3.05, 3.63) is 28.8 Å². The first-order chi connectivity index (χ1) is 7.76. The lowest BCUT2D eigenvalue weighted by Gasteiger charge is -2.18. The molecule has 94 valence electrons. The number of ketones is 1. The third kappa shape index (κ3) is 3.32. The summed E-state index contributed by atoms with van der Waals surface area (Å²) in [6.07, 6.45) is 0.569. The van der Waals surface area contributed by atoms with Gasteiger partial charge in [0.25, 0.3) is 0 Å². The Labute approximate surface area is 104 Å². The van der Waals surface area contributed by atoms with E-state index >= 15 is 0 Å². The van der Waals surface area contributed by atoms with Gasteiger partial charge in [-0.1, -0.05) is 20.8 Å². The van der Waals surface area contributed by atoms with E-state index in [-0.39, 0.29) is 11.2 Å². The van der Waals surface area contributed by atoms with Gasteiger partial charge in [-0.15, -0.1) is 0 Å². The summed E-state index contributed by atoms with van der Waals surface area (Å²) in [5, 5.41) is 0. The Kier molecular flexibility index (Phi) is 3.97. The molecule has 0 spiro atoms. The highest BCUT2D eigenvalue weighted by Crippen LogP contribution is 2.27. The first kappa shape index (κ1) is 13.8. The molecule has 0 aliphatic heterocycles. The molecule has 0 saturated heterocycles. The van der Waals surface area contributed by atoms with Gasteiger partial charge in [0.2, 0.25) is 0 Å². The van der Waals surface area contributed by atoms with Crippen LogP contribution >= 0.6 is 0 Å². The number of rotatable bonds is 3. The molecule has 0 aliphatic carbocycles. The molecule has 0 saturated carbocycles. The Bertz CT molecular complexity index is 425. The fourth-order valence-corrected chi connectivity index (χ4v) is 1.90. The van der Waals surface area contributed by atoms with Crippen molar-refractivity contribution in [2.45, 2.75) is 41.0 Å². The average Bonchev–Trinajstić information content (AvgIpc) is 2.19. The van der Waals surface area contributed by atoms with Crippen LogP contribution in [0.4, 0.5) is 0 Å². The highest BCUT2D eigenvalue weighted by atomic mass is 16.5. The Morgan fingerprint density at radius 3 is 2.24 bits per heavy atom. The third-order valence-corrected chi connectivity index (χ3v) is 2.95. The second kappa shape index (κ2) is 4.91. The predicted molar refractivity (Wildman–Crippen MR) is 70.9 cm³/mol. The molecule has 0 fully saturated rings. The minimum Gasteiger partial charge on any atom is -0.496 e. The van der Waals surface area contributed by atoms with E-state index < -0.39 is 0 Å². The topological polar surface area (TPSA) is 26.3 Å². The molecule has 1 aromatic rings. The van der Waals surface area contributed by atoms with E-state index in [0.717, 1.165) is 22.4 Å². The van der Waals surface area contributed by atoms with Gasteiger partial charge in [-0.2, -0.15) is 0 Å². The van der Waals surface area contributed by atoms with Gasteiger partial charge in [0.15, 0.2) is 5.78 Å². The van der Waals surface area contributed by atoms with E-state index in [2.05, 4.69) is 20.8 Å². The predicted octanol–water partition coefficient (Wildman–Crippen LogP) is 3.93. The molecule has 2 heteroatoms. The molecule has 0 aliphatic rings. The van der Waals surface area contributed by atoms with Crippen LogP contribution in [0, 0.1) is 19.3 Å². The number of benzene rings is 1. The van der Waals surface area contributed by atoms with E-state index in [0.29, 0.717) is 6.42 Å². The van der Waals surface area contributed by atoms with Crippen LogP contribution in [-0.4, -0.2) is 12.9 Å². The lowest BCUT2D eigenvalue weighted by atomic mass is 9.86. The molecule has 0 unspecified atom stereocenters. The van der Waals surface area contributed by atoms with Gasteiger partial charge in [-0.25, -0.2) is 0 Å². The molecule has 0 bridgehead atoms. The number of carbonyl (C=O) groups excluding carboxylic acids is 1. The fourth-order valence-electron chi connectivity index (χ4n) is 1.90. The summed E-state index contributed by atoms with van der Waals surface area (Å²) in [4.78, 5) is 12.2. The van der Waals surface area contributed by atoms with E-state index in [1.165, 1.54) is 0 Å². The Morgan fingerprint density at radius 2 is 1.76 bits per heavy atom. The molecule has 0 heterocycles. The van der Waals surface area contributed by atoms with Gasteiger partial charge < -0.3 is 4.74 Å². The molecule has 0 aromatic heterocycles. The Balaban J connectivity index is 3.08. The smallest absolute Gasteiger partial charge is 0.163 e. The maximum absolute atomic E-state index is 12.2. The molecule has 0 N–H and O–H groups in total. The maximum atomic E-state index is 12.2. The third-order valence-electron chi connectivity index (χ3n) is 2.95. The SMILES string of the molecule is COc1ccc(C(=O)CC(C)(C)C)c(C)c1C. The zero-order chi connectivity index (χ0) is 13.2. The lowest BCUT2D eigenvalue weighted by molar-refractivity contribution is 0.0939. The minimum atomic E-state index is 0.0252. The summed E-state index contributed by atoms with van der Waals surface area (Å²) in [6.45, 7) is 10.2. The summed E-state index contributed by atoms with van der Waals surface area (Å²) >= 11 is 0. The minimum absolute atomic E-state index is 0.0252. The number of hydrogen-bond donors (Lipinski definition) is 0. The van der Waals surface area contributed by atoms with E-state index in [1.807, 2.05) is 26.0 Å². The molecule has 17 heavy (non-hydrogen) atoms. The molecule has 0 radical (unpaired) electrons.